The Morgan fingerprint density at radius 1 is 1.33 bits per heavy atom. The lowest BCUT2D eigenvalue weighted by molar-refractivity contribution is 0.0524. The van der Waals surface area contributed by atoms with E-state index < -0.39 is 11.7 Å². The van der Waals surface area contributed by atoms with Gasteiger partial charge in [0, 0.05) is 12.6 Å². The van der Waals surface area contributed by atoms with E-state index >= 15 is 0 Å². The highest BCUT2D eigenvalue weighted by atomic mass is 16.6. The lowest BCUT2D eigenvalue weighted by atomic mass is 10.1. The Kier molecular flexibility index (Phi) is 5.16. The molecular formula is C14H22N2O2. The molecule has 0 fully saturated rings. The monoisotopic (exact) mass is 250 g/mol. The zero-order valence-corrected chi connectivity index (χ0v) is 11.3. The van der Waals surface area contributed by atoms with Crippen molar-refractivity contribution in [3.63, 3.8) is 0 Å². The van der Waals surface area contributed by atoms with Gasteiger partial charge < -0.3 is 15.8 Å². The smallest absolute Gasteiger partial charge is 0.407 e. The fourth-order valence-corrected chi connectivity index (χ4v) is 1.52. The molecular weight excluding hydrogens is 228 g/mol. The standard InChI is InChI=1S/C14H22N2O2/c1-14(2,3)18-13(17)16-10-12(15)9-11-7-5-4-6-8-11/h4-8,12H,9-10,15H2,1-3H3,(H,16,17)/t12-/m0/s1. The summed E-state index contributed by atoms with van der Waals surface area (Å²) in [6.45, 7) is 5.90. The van der Waals surface area contributed by atoms with E-state index in [4.69, 9.17) is 10.5 Å². The number of rotatable bonds is 4. The molecule has 1 atom stereocenters. The van der Waals surface area contributed by atoms with Gasteiger partial charge in [-0.2, -0.15) is 0 Å². The molecule has 3 N–H and O–H groups in total. The van der Waals surface area contributed by atoms with Crippen LogP contribution in [0.25, 0.3) is 0 Å². The molecule has 100 valence electrons. The van der Waals surface area contributed by atoms with Crippen LogP contribution in [0.3, 0.4) is 0 Å². The largest absolute Gasteiger partial charge is 0.444 e. The predicted molar refractivity (Wildman–Crippen MR) is 72.4 cm³/mol. The number of nitrogens with two attached hydrogens (primary N) is 1. The third-order valence-corrected chi connectivity index (χ3v) is 2.25. The molecule has 0 spiro atoms. The SMILES string of the molecule is CC(C)(C)OC(=O)NC[C@@H](N)Cc1ccccc1. The van der Waals surface area contributed by atoms with Crippen molar-refractivity contribution < 1.29 is 9.53 Å². The molecule has 4 nitrogen and oxygen atoms in total. The number of carbonyl (C=O) groups is 1. The van der Waals surface area contributed by atoms with E-state index in [1.807, 2.05) is 51.1 Å². The lowest BCUT2D eigenvalue weighted by Crippen LogP contribution is -2.41. The van der Waals surface area contributed by atoms with Crippen molar-refractivity contribution in [3.05, 3.63) is 35.9 Å². The molecule has 0 heterocycles. The predicted octanol–water partition coefficient (Wildman–Crippen LogP) is 2.08. The van der Waals surface area contributed by atoms with Gasteiger partial charge in [0.1, 0.15) is 5.60 Å². The average Bonchev–Trinajstić information content (AvgIpc) is 2.25. The van der Waals surface area contributed by atoms with Crippen LogP contribution >= 0.6 is 0 Å². The van der Waals surface area contributed by atoms with Crippen molar-refractivity contribution in [2.24, 2.45) is 5.73 Å². The summed E-state index contributed by atoms with van der Waals surface area (Å²) in [6, 6.07) is 9.85. The van der Waals surface area contributed by atoms with E-state index in [0.717, 1.165) is 12.0 Å². The molecule has 0 aliphatic heterocycles. The van der Waals surface area contributed by atoms with Crippen LogP contribution in [0.15, 0.2) is 30.3 Å². The van der Waals surface area contributed by atoms with Crippen LogP contribution in [0.4, 0.5) is 4.79 Å². The first-order valence-corrected chi connectivity index (χ1v) is 6.13. The van der Waals surface area contributed by atoms with Crippen LogP contribution < -0.4 is 11.1 Å². The molecule has 1 rings (SSSR count). The number of alkyl carbamates (subject to hydrolysis) is 1. The van der Waals surface area contributed by atoms with Crippen molar-refractivity contribution in [2.75, 3.05) is 6.54 Å². The molecule has 1 aromatic carbocycles. The third kappa shape index (κ3) is 6.25. The highest BCUT2D eigenvalue weighted by Gasteiger charge is 2.16. The summed E-state index contributed by atoms with van der Waals surface area (Å²) >= 11 is 0. The highest BCUT2D eigenvalue weighted by Crippen LogP contribution is 2.06. The normalized spacial score (nSPS) is 12.9. The summed E-state index contributed by atoms with van der Waals surface area (Å²) in [7, 11) is 0. The summed E-state index contributed by atoms with van der Waals surface area (Å²) in [6.07, 6.45) is 0.308. The maximum atomic E-state index is 11.4. The molecule has 0 bridgehead atoms. The van der Waals surface area contributed by atoms with Gasteiger partial charge in [-0.1, -0.05) is 30.3 Å². The molecule has 4 heteroatoms. The second kappa shape index (κ2) is 6.40. The molecule has 0 radical (unpaired) electrons. The second-order valence-electron chi connectivity index (χ2n) is 5.33. The molecule has 0 saturated carbocycles. The van der Waals surface area contributed by atoms with E-state index in [-0.39, 0.29) is 6.04 Å². The summed E-state index contributed by atoms with van der Waals surface area (Å²) in [5, 5.41) is 2.67. The van der Waals surface area contributed by atoms with Crippen molar-refractivity contribution in [2.45, 2.75) is 38.8 Å². The molecule has 0 unspecified atom stereocenters. The molecule has 0 aliphatic carbocycles. The lowest BCUT2D eigenvalue weighted by Gasteiger charge is -2.20. The van der Waals surface area contributed by atoms with Crippen LogP contribution in [-0.4, -0.2) is 24.3 Å². The van der Waals surface area contributed by atoms with Crippen LogP contribution in [-0.2, 0) is 11.2 Å². The quantitative estimate of drug-likeness (QED) is 0.860. The Hall–Kier alpha value is -1.55. The minimum absolute atomic E-state index is 0.111. The molecule has 0 aromatic heterocycles. The van der Waals surface area contributed by atoms with Crippen molar-refractivity contribution in [3.8, 4) is 0 Å². The van der Waals surface area contributed by atoms with E-state index in [1.165, 1.54) is 0 Å². The number of nitrogens with one attached hydrogen (secondary N) is 1. The van der Waals surface area contributed by atoms with Crippen LogP contribution in [0.5, 0.6) is 0 Å². The van der Waals surface area contributed by atoms with Gasteiger partial charge in [-0.3, -0.25) is 0 Å². The van der Waals surface area contributed by atoms with Crippen LogP contribution in [0, 0.1) is 0 Å². The number of benzene rings is 1. The number of amides is 1. The Balaban J connectivity index is 2.29. The molecule has 0 aliphatic rings. The summed E-state index contributed by atoms with van der Waals surface area (Å²) in [5.41, 5.74) is 6.63. The summed E-state index contributed by atoms with van der Waals surface area (Å²) in [5.74, 6) is 0. The van der Waals surface area contributed by atoms with Gasteiger partial charge in [0.25, 0.3) is 0 Å². The Bertz CT molecular complexity index is 371. The van der Waals surface area contributed by atoms with Gasteiger partial charge in [0.15, 0.2) is 0 Å². The zero-order valence-electron chi connectivity index (χ0n) is 11.3. The van der Waals surface area contributed by atoms with E-state index in [0.29, 0.717) is 6.54 Å². The van der Waals surface area contributed by atoms with E-state index in [2.05, 4.69) is 5.32 Å². The minimum Gasteiger partial charge on any atom is -0.444 e. The van der Waals surface area contributed by atoms with Gasteiger partial charge in [0.05, 0.1) is 0 Å². The fourth-order valence-electron chi connectivity index (χ4n) is 1.52. The molecule has 0 saturated heterocycles. The van der Waals surface area contributed by atoms with Gasteiger partial charge in [-0.05, 0) is 32.8 Å². The van der Waals surface area contributed by atoms with Crippen LogP contribution in [0.2, 0.25) is 0 Å². The van der Waals surface area contributed by atoms with E-state index in [1.54, 1.807) is 0 Å². The number of ether oxygens (including phenoxy) is 1. The Morgan fingerprint density at radius 2 is 1.94 bits per heavy atom. The molecule has 1 amide bonds. The first kappa shape index (κ1) is 14.5. The van der Waals surface area contributed by atoms with Gasteiger partial charge in [0.2, 0.25) is 0 Å². The fraction of sp³-hybridized carbons (Fsp3) is 0.500. The Morgan fingerprint density at radius 3 is 2.50 bits per heavy atom. The average molecular weight is 250 g/mol. The van der Waals surface area contributed by atoms with Crippen molar-refractivity contribution in [1.29, 1.82) is 0 Å². The van der Waals surface area contributed by atoms with Gasteiger partial charge in [-0.15, -0.1) is 0 Å². The van der Waals surface area contributed by atoms with Gasteiger partial charge >= 0.3 is 6.09 Å². The second-order valence-corrected chi connectivity index (χ2v) is 5.33. The Labute approximate surface area is 109 Å². The third-order valence-electron chi connectivity index (χ3n) is 2.25. The first-order valence-electron chi connectivity index (χ1n) is 6.13. The minimum atomic E-state index is -0.479. The van der Waals surface area contributed by atoms with Gasteiger partial charge in [-0.25, -0.2) is 4.79 Å². The molecule has 1 aromatic rings. The molecule has 18 heavy (non-hydrogen) atoms. The zero-order chi connectivity index (χ0) is 13.6. The number of hydrogen-bond acceptors (Lipinski definition) is 3. The first-order chi connectivity index (χ1) is 8.37. The summed E-state index contributed by atoms with van der Waals surface area (Å²) in [4.78, 5) is 11.4. The number of carbonyl (C=O) groups excluding carboxylic acids is 1. The summed E-state index contributed by atoms with van der Waals surface area (Å²) < 4.78 is 5.13. The van der Waals surface area contributed by atoms with Crippen molar-refractivity contribution in [1.82, 2.24) is 5.32 Å². The van der Waals surface area contributed by atoms with Crippen molar-refractivity contribution >= 4 is 6.09 Å². The topological polar surface area (TPSA) is 64.3 Å². The maximum absolute atomic E-state index is 11.4. The van der Waals surface area contributed by atoms with Crippen LogP contribution in [0.1, 0.15) is 26.3 Å². The maximum Gasteiger partial charge on any atom is 0.407 e. The highest BCUT2D eigenvalue weighted by molar-refractivity contribution is 5.67. The number of hydrogen-bond donors (Lipinski definition) is 2. The van der Waals surface area contributed by atoms with E-state index in [9.17, 15) is 4.79 Å².